The molecule has 0 aliphatic rings. The Labute approximate surface area is 124 Å². The van der Waals surface area contributed by atoms with Crippen molar-refractivity contribution in [2.45, 2.75) is 13.1 Å². The van der Waals surface area contributed by atoms with E-state index < -0.39 is 0 Å². The highest BCUT2D eigenvalue weighted by Crippen LogP contribution is 2.19. The molecule has 0 atom stereocenters. The van der Waals surface area contributed by atoms with Gasteiger partial charge in [-0.05, 0) is 24.7 Å². The van der Waals surface area contributed by atoms with E-state index in [0.717, 1.165) is 35.7 Å². The highest BCUT2D eigenvalue weighted by atomic mass is 16.5. The van der Waals surface area contributed by atoms with Gasteiger partial charge in [0.1, 0.15) is 11.6 Å². The second kappa shape index (κ2) is 5.97. The van der Waals surface area contributed by atoms with Crippen molar-refractivity contribution in [1.29, 1.82) is 0 Å². The van der Waals surface area contributed by atoms with E-state index in [1.165, 1.54) is 5.56 Å². The van der Waals surface area contributed by atoms with Gasteiger partial charge in [0.25, 0.3) is 0 Å². The van der Waals surface area contributed by atoms with Crippen LogP contribution in [0, 0.1) is 0 Å². The van der Waals surface area contributed by atoms with E-state index in [4.69, 9.17) is 4.74 Å². The Morgan fingerprint density at radius 2 is 1.90 bits per heavy atom. The zero-order valence-electron chi connectivity index (χ0n) is 12.3. The molecule has 0 unspecified atom stereocenters. The topological polar surface area (TPSA) is 41.1 Å². The lowest BCUT2D eigenvalue weighted by atomic mass is 10.2. The molecule has 0 aliphatic carbocycles. The number of H-pyrrole nitrogens is 1. The number of imidazole rings is 1. The number of benzene rings is 2. The van der Waals surface area contributed by atoms with Crippen LogP contribution in [0.5, 0.6) is 5.75 Å². The molecule has 0 saturated carbocycles. The van der Waals surface area contributed by atoms with Crippen molar-refractivity contribution in [3.63, 3.8) is 0 Å². The van der Waals surface area contributed by atoms with E-state index >= 15 is 0 Å². The van der Waals surface area contributed by atoms with Crippen molar-refractivity contribution in [1.82, 2.24) is 14.9 Å². The summed E-state index contributed by atoms with van der Waals surface area (Å²) in [5.74, 6) is 1.81. The number of aromatic nitrogens is 2. The molecule has 0 radical (unpaired) electrons. The average Bonchev–Trinajstić information content (AvgIpc) is 2.89. The van der Waals surface area contributed by atoms with Gasteiger partial charge in [-0.2, -0.15) is 0 Å². The summed E-state index contributed by atoms with van der Waals surface area (Å²) in [6.07, 6.45) is 0. The van der Waals surface area contributed by atoms with Crippen LogP contribution < -0.4 is 4.74 Å². The highest BCUT2D eigenvalue weighted by molar-refractivity contribution is 5.76. The minimum absolute atomic E-state index is 0.784. The Hall–Kier alpha value is -2.33. The maximum Gasteiger partial charge on any atom is 0.121 e. The molecule has 0 fully saturated rings. The molecule has 4 nitrogen and oxygen atoms in total. The minimum atomic E-state index is 0.784. The normalized spacial score (nSPS) is 11.2. The molecule has 0 saturated heterocycles. The average molecular weight is 281 g/mol. The highest BCUT2D eigenvalue weighted by Gasteiger charge is 2.07. The van der Waals surface area contributed by atoms with E-state index in [9.17, 15) is 0 Å². The fourth-order valence-corrected chi connectivity index (χ4v) is 2.45. The lowest BCUT2D eigenvalue weighted by Gasteiger charge is -2.14. The Morgan fingerprint density at radius 3 is 2.67 bits per heavy atom. The van der Waals surface area contributed by atoms with E-state index in [0.29, 0.717) is 0 Å². The van der Waals surface area contributed by atoms with Crippen LogP contribution in [0.1, 0.15) is 11.4 Å². The number of nitrogens with zero attached hydrogens (tertiary/aromatic N) is 2. The van der Waals surface area contributed by atoms with Gasteiger partial charge in [-0.25, -0.2) is 4.98 Å². The van der Waals surface area contributed by atoms with Crippen LogP contribution in [0.25, 0.3) is 11.0 Å². The molecule has 0 amide bonds. The lowest BCUT2D eigenvalue weighted by molar-refractivity contribution is 0.312. The van der Waals surface area contributed by atoms with Crippen LogP contribution in [0.4, 0.5) is 0 Å². The first kappa shape index (κ1) is 13.6. The molecule has 21 heavy (non-hydrogen) atoms. The number of fused-ring (bicyclic) bond motifs is 1. The second-order valence-electron chi connectivity index (χ2n) is 5.22. The summed E-state index contributed by atoms with van der Waals surface area (Å²) in [5.41, 5.74) is 3.29. The van der Waals surface area contributed by atoms with Crippen molar-refractivity contribution in [3.8, 4) is 5.75 Å². The van der Waals surface area contributed by atoms with Gasteiger partial charge in [0, 0.05) is 12.6 Å². The zero-order chi connectivity index (χ0) is 14.7. The Morgan fingerprint density at radius 1 is 1.10 bits per heavy atom. The van der Waals surface area contributed by atoms with Crippen molar-refractivity contribution in [2.24, 2.45) is 0 Å². The Balaban J connectivity index is 1.72. The van der Waals surface area contributed by atoms with Crippen LogP contribution in [0.2, 0.25) is 0 Å². The summed E-state index contributed by atoms with van der Waals surface area (Å²) in [4.78, 5) is 10.2. The monoisotopic (exact) mass is 281 g/mol. The number of hydrogen-bond acceptors (Lipinski definition) is 3. The van der Waals surface area contributed by atoms with E-state index in [1.54, 1.807) is 7.11 Å². The quantitative estimate of drug-likeness (QED) is 0.781. The molecule has 0 bridgehead atoms. The van der Waals surface area contributed by atoms with Gasteiger partial charge in [-0.15, -0.1) is 0 Å². The van der Waals surface area contributed by atoms with Gasteiger partial charge in [0.15, 0.2) is 0 Å². The molecule has 1 aromatic heterocycles. The minimum Gasteiger partial charge on any atom is -0.497 e. The van der Waals surface area contributed by atoms with E-state index in [-0.39, 0.29) is 0 Å². The van der Waals surface area contributed by atoms with Gasteiger partial charge in [-0.3, -0.25) is 4.90 Å². The van der Waals surface area contributed by atoms with Crippen LogP contribution in [0.3, 0.4) is 0 Å². The molecule has 0 spiro atoms. The summed E-state index contributed by atoms with van der Waals surface area (Å²) in [6, 6.07) is 16.3. The maximum atomic E-state index is 5.23. The molecule has 108 valence electrons. The van der Waals surface area contributed by atoms with Crippen molar-refractivity contribution >= 4 is 11.0 Å². The van der Waals surface area contributed by atoms with Gasteiger partial charge in [0.2, 0.25) is 0 Å². The second-order valence-corrected chi connectivity index (χ2v) is 5.22. The van der Waals surface area contributed by atoms with Crippen LogP contribution in [-0.2, 0) is 13.1 Å². The third kappa shape index (κ3) is 3.23. The molecule has 3 aromatic rings. The fraction of sp³-hybridized carbons (Fsp3) is 0.235. The third-order valence-corrected chi connectivity index (χ3v) is 3.45. The number of hydrogen-bond donors (Lipinski definition) is 1. The molecular weight excluding hydrogens is 262 g/mol. The molecular formula is C17H19N3O. The van der Waals surface area contributed by atoms with Crippen molar-refractivity contribution in [3.05, 3.63) is 59.9 Å². The number of methoxy groups -OCH3 is 1. The number of rotatable bonds is 5. The molecule has 1 N–H and O–H groups in total. The lowest BCUT2D eigenvalue weighted by Crippen LogP contribution is -2.17. The van der Waals surface area contributed by atoms with Crippen molar-refractivity contribution < 1.29 is 4.74 Å². The predicted octanol–water partition coefficient (Wildman–Crippen LogP) is 3.20. The van der Waals surface area contributed by atoms with Crippen molar-refractivity contribution in [2.75, 3.05) is 14.2 Å². The van der Waals surface area contributed by atoms with Crippen LogP contribution in [0.15, 0.2) is 48.5 Å². The zero-order valence-corrected chi connectivity index (χ0v) is 12.3. The summed E-state index contributed by atoms with van der Waals surface area (Å²) >= 11 is 0. The van der Waals surface area contributed by atoms with Crippen LogP contribution in [-0.4, -0.2) is 29.0 Å². The predicted molar refractivity (Wildman–Crippen MR) is 84.3 cm³/mol. The summed E-state index contributed by atoms with van der Waals surface area (Å²) < 4.78 is 5.23. The van der Waals surface area contributed by atoms with Crippen LogP contribution >= 0.6 is 0 Å². The summed E-state index contributed by atoms with van der Waals surface area (Å²) in [6.45, 7) is 1.69. The SMILES string of the molecule is COc1ccc2nc(CN(C)Cc3ccccc3)[nH]c2c1. The first-order valence-electron chi connectivity index (χ1n) is 7.00. The Kier molecular flexibility index (Phi) is 3.88. The standard InChI is InChI=1S/C17H19N3O/c1-20(11-13-6-4-3-5-7-13)12-17-18-15-9-8-14(21-2)10-16(15)19-17/h3-10H,11-12H2,1-2H3,(H,18,19). The van der Waals surface area contributed by atoms with E-state index in [2.05, 4.69) is 46.2 Å². The first-order valence-corrected chi connectivity index (χ1v) is 7.00. The number of aromatic amines is 1. The molecule has 4 heteroatoms. The first-order chi connectivity index (χ1) is 10.2. The molecule has 0 aliphatic heterocycles. The molecule has 1 heterocycles. The van der Waals surface area contributed by atoms with Gasteiger partial charge < -0.3 is 9.72 Å². The third-order valence-electron chi connectivity index (χ3n) is 3.45. The number of ether oxygens (including phenoxy) is 1. The van der Waals surface area contributed by atoms with Gasteiger partial charge in [-0.1, -0.05) is 30.3 Å². The van der Waals surface area contributed by atoms with E-state index in [1.807, 2.05) is 24.3 Å². The fourth-order valence-electron chi connectivity index (χ4n) is 2.45. The summed E-state index contributed by atoms with van der Waals surface area (Å²) in [7, 11) is 3.77. The smallest absolute Gasteiger partial charge is 0.121 e. The maximum absolute atomic E-state index is 5.23. The number of nitrogens with one attached hydrogen (secondary N) is 1. The van der Waals surface area contributed by atoms with Gasteiger partial charge in [0.05, 0.1) is 24.7 Å². The molecule has 2 aromatic carbocycles. The van der Waals surface area contributed by atoms with Gasteiger partial charge >= 0.3 is 0 Å². The largest absolute Gasteiger partial charge is 0.497 e. The summed E-state index contributed by atoms with van der Waals surface area (Å²) in [5, 5.41) is 0. The molecule has 3 rings (SSSR count). The Bertz CT molecular complexity index is 721.